The molecule has 1 rings (SSSR count). The van der Waals surface area contributed by atoms with E-state index in [0.29, 0.717) is 16.7 Å². The minimum atomic E-state index is -0.513. The fourth-order valence-corrected chi connectivity index (χ4v) is 2.11. The van der Waals surface area contributed by atoms with Gasteiger partial charge in [0.1, 0.15) is 5.75 Å². The van der Waals surface area contributed by atoms with Gasteiger partial charge in [-0.25, -0.2) is 0 Å². The monoisotopic (exact) mass is 276 g/mol. The van der Waals surface area contributed by atoms with Crippen molar-refractivity contribution in [3.63, 3.8) is 0 Å². The summed E-state index contributed by atoms with van der Waals surface area (Å²) in [5, 5.41) is 10.5. The van der Waals surface area contributed by atoms with Gasteiger partial charge in [-0.05, 0) is 23.0 Å². The van der Waals surface area contributed by atoms with Crippen molar-refractivity contribution in [2.75, 3.05) is 0 Å². The van der Waals surface area contributed by atoms with Crippen molar-refractivity contribution in [3.05, 3.63) is 28.8 Å². The van der Waals surface area contributed by atoms with E-state index in [4.69, 9.17) is 0 Å². The predicted octanol–water partition coefficient (Wildman–Crippen LogP) is 3.76. The third-order valence-corrected chi connectivity index (χ3v) is 3.31. The summed E-state index contributed by atoms with van der Waals surface area (Å²) in [7, 11) is 0. The maximum atomic E-state index is 12.0. The van der Waals surface area contributed by atoms with Crippen molar-refractivity contribution in [2.24, 2.45) is 0 Å². The Balaban J connectivity index is 3.67. The van der Waals surface area contributed by atoms with Crippen LogP contribution in [0.5, 0.6) is 5.75 Å². The molecule has 20 heavy (non-hydrogen) atoms. The molecular weight excluding hydrogens is 252 g/mol. The lowest BCUT2D eigenvalue weighted by molar-refractivity contribution is -0.113. The number of hydrogen-bond donors (Lipinski definition) is 1. The number of carbonyl (C=O) groups excluding carboxylic acids is 2. The number of ketones is 2. The number of aromatic hydroxyl groups is 1. The first-order valence-corrected chi connectivity index (χ1v) is 6.79. The van der Waals surface area contributed by atoms with Crippen LogP contribution in [0.2, 0.25) is 0 Å². The van der Waals surface area contributed by atoms with Crippen molar-refractivity contribution < 1.29 is 14.7 Å². The lowest BCUT2D eigenvalue weighted by atomic mass is 9.78. The van der Waals surface area contributed by atoms with Gasteiger partial charge >= 0.3 is 0 Å². The average Bonchev–Trinajstić information content (AvgIpc) is 2.24. The SMILES string of the molecule is CC(=O)C(=O)c1cc(C(C)(C)C)c(O)c(C(C)(C)C)c1. The van der Waals surface area contributed by atoms with Crippen molar-refractivity contribution >= 4 is 11.6 Å². The van der Waals surface area contributed by atoms with Gasteiger partial charge < -0.3 is 5.11 Å². The Morgan fingerprint density at radius 1 is 0.900 bits per heavy atom. The number of Topliss-reactive ketones (excluding diaryl/α,β-unsaturated/α-hetero) is 2. The number of rotatable bonds is 2. The Morgan fingerprint density at radius 2 is 1.25 bits per heavy atom. The van der Waals surface area contributed by atoms with E-state index in [1.807, 2.05) is 41.5 Å². The minimum absolute atomic E-state index is 0.213. The van der Waals surface area contributed by atoms with Gasteiger partial charge in [0.15, 0.2) is 5.78 Å². The maximum absolute atomic E-state index is 12.0. The molecule has 0 amide bonds. The van der Waals surface area contributed by atoms with Crippen molar-refractivity contribution in [1.82, 2.24) is 0 Å². The molecule has 3 heteroatoms. The molecule has 0 aliphatic carbocycles. The van der Waals surface area contributed by atoms with Gasteiger partial charge in [0.05, 0.1) is 0 Å². The number of hydrogen-bond acceptors (Lipinski definition) is 3. The van der Waals surface area contributed by atoms with Crippen LogP contribution in [0.3, 0.4) is 0 Å². The van der Waals surface area contributed by atoms with Crippen LogP contribution in [0.4, 0.5) is 0 Å². The second kappa shape index (κ2) is 5.04. The van der Waals surface area contributed by atoms with E-state index in [0.717, 1.165) is 0 Å². The van der Waals surface area contributed by atoms with E-state index >= 15 is 0 Å². The van der Waals surface area contributed by atoms with Crippen LogP contribution in [-0.4, -0.2) is 16.7 Å². The van der Waals surface area contributed by atoms with Crippen LogP contribution < -0.4 is 0 Å². The Morgan fingerprint density at radius 3 is 1.50 bits per heavy atom. The van der Waals surface area contributed by atoms with Gasteiger partial charge in [0.25, 0.3) is 0 Å². The highest BCUT2D eigenvalue weighted by molar-refractivity contribution is 6.43. The summed E-state index contributed by atoms with van der Waals surface area (Å²) in [6.45, 7) is 13.1. The van der Waals surface area contributed by atoms with Gasteiger partial charge in [-0.1, -0.05) is 41.5 Å². The molecule has 0 aromatic heterocycles. The number of carbonyl (C=O) groups is 2. The Hall–Kier alpha value is -1.64. The highest BCUT2D eigenvalue weighted by atomic mass is 16.3. The molecule has 0 saturated carbocycles. The molecule has 1 N–H and O–H groups in total. The molecule has 0 saturated heterocycles. The van der Waals surface area contributed by atoms with E-state index < -0.39 is 11.6 Å². The van der Waals surface area contributed by atoms with Gasteiger partial charge in [-0.3, -0.25) is 9.59 Å². The lowest BCUT2D eigenvalue weighted by Crippen LogP contribution is -2.20. The van der Waals surface area contributed by atoms with E-state index in [1.165, 1.54) is 6.92 Å². The zero-order chi connectivity index (χ0) is 15.9. The fourth-order valence-electron chi connectivity index (χ4n) is 2.11. The summed E-state index contributed by atoms with van der Waals surface area (Å²) in [4.78, 5) is 23.3. The topological polar surface area (TPSA) is 54.4 Å². The number of benzene rings is 1. The molecule has 0 unspecified atom stereocenters. The predicted molar refractivity (Wildman–Crippen MR) is 80.5 cm³/mol. The maximum Gasteiger partial charge on any atom is 0.228 e. The van der Waals surface area contributed by atoms with Gasteiger partial charge in [0, 0.05) is 23.6 Å². The molecule has 0 aliphatic rings. The molecule has 0 radical (unpaired) electrons. The molecule has 0 heterocycles. The van der Waals surface area contributed by atoms with Crippen LogP contribution in [0.25, 0.3) is 0 Å². The van der Waals surface area contributed by atoms with Crippen LogP contribution in [-0.2, 0) is 15.6 Å². The molecule has 110 valence electrons. The third-order valence-electron chi connectivity index (χ3n) is 3.31. The van der Waals surface area contributed by atoms with Crippen molar-refractivity contribution in [2.45, 2.75) is 59.3 Å². The second-order valence-electron chi connectivity index (χ2n) is 7.31. The van der Waals surface area contributed by atoms with Gasteiger partial charge in [0.2, 0.25) is 5.78 Å². The van der Waals surface area contributed by atoms with Crippen molar-refractivity contribution in [1.29, 1.82) is 0 Å². The Bertz CT molecular complexity index is 520. The zero-order valence-electron chi connectivity index (χ0n) is 13.4. The molecule has 3 nitrogen and oxygen atoms in total. The summed E-state index contributed by atoms with van der Waals surface area (Å²) in [6, 6.07) is 3.27. The van der Waals surface area contributed by atoms with Crippen LogP contribution in [0.15, 0.2) is 12.1 Å². The van der Waals surface area contributed by atoms with Gasteiger partial charge in [-0.2, -0.15) is 0 Å². The smallest absolute Gasteiger partial charge is 0.228 e. The van der Waals surface area contributed by atoms with Crippen LogP contribution in [0.1, 0.15) is 70.0 Å². The van der Waals surface area contributed by atoms with Crippen LogP contribution >= 0.6 is 0 Å². The van der Waals surface area contributed by atoms with Crippen LogP contribution in [0, 0.1) is 0 Å². The Labute approximate surface area is 121 Å². The molecule has 0 spiro atoms. The fraction of sp³-hybridized carbons (Fsp3) is 0.529. The molecule has 0 atom stereocenters. The zero-order valence-corrected chi connectivity index (χ0v) is 13.4. The highest BCUT2D eigenvalue weighted by Crippen LogP contribution is 2.39. The molecule has 0 bridgehead atoms. The minimum Gasteiger partial charge on any atom is -0.507 e. The summed E-state index contributed by atoms with van der Waals surface area (Å²) < 4.78 is 0. The van der Waals surface area contributed by atoms with E-state index in [2.05, 4.69) is 0 Å². The first kappa shape index (κ1) is 16.4. The summed E-state index contributed by atoms with van der Waals surface area (Å²) >= 11 is 0. The largest absolute Gasteiger partial charge is 0.507 e. The van der Waals surface area contributed by atoms with E-state index in [-0.39, 0.29) is 16.6 Å². The van der Waals surface area contributed by atoms with Crippen molar-refractivity contribution in [3.8, 4) is 5.75 Å². The number of phenols is 1. The summed E-state index contributed by atoms with van der Waals surface area (Å²) in [5.41, 5.74) is 1.11. The average molecular weight is 276 g/mol. The summed E-state index contributed by atoms with van der Waals surface area (Å²) in [6.07, 6.45) is 0. The highest BCUT2D eigenvalue weighted by Gasteiger charge is 2.28. The number of phenolic OH excluding ortho intramolecular Hbond substituents is 1. The standard InChI is InChI=1S/C17H24O3/c1-10(18)14(19)11-8-12(16(2,3)4)15(20)13(9-11)17(5,6)7/h8-9,20H,1-7H3. The van der Waals surface area contributed by atoms with E-state index in [9.17, 15) is 14.7 Å². The van der Waals surface area contributed by atoms with Gasteiger partial charge in [-0.15, -0.1) is 0 Å². The molecule has 1 aromatic rings. The third kappa shape index (κ3) is 3.27. The second-order valence-corrected chi connectivity index (χ2v) is 7.31. The lowest BCUT2D eigenvalue weighted by Gasteiger charge is -2.27. The molecular formula is C17H24O3. The summed E-state index contributed by atoms with van der Waals surface area (Å²) in [5.74, 6) is -0.790. The molecule has 0 fully saturated rings. The normalized spacial score (nSPS) is 12.3. The Kier molecular flexibility index (Phi) is 4.14. The quantitative estimate of drug-likeness (QED) is 0.661. The molecule has 0 aliphatic heterocycles. The van der Waals surface area contributed by atoms with E-state index in [1.54, 1.807) is 12.1 Å². The molecule has 1 aromatic carbocycles. The first-order valence-electron chi connectivity index (χ1n) is 6.79. The first-order chi connectivity index (χ1) is 8.85.